The lowest BCUT2D eigenvalue weighted by atomic mass is 10.1. The number of rotatable bonds is 6. The van der Waals surface area contributed by atoms with E-state index in [1.165, 1.54) is 0 Å². The van der Waals surface area contributed by atoms with E-state index in [1.807, 2.05) is 55.6 Å². The van der Waals surface area contributed by atoms with Crippen LogP contribution >= 0.6 is 0 Å². The molecule has 0 fully saturated rings. The van der Waals surface area contributed by atoms with Crippen LogP contribution in [0.1, 0.15) is 22.8 Å². The zero-order valence-electron chi connectivity index (χ0n) is 11.6. The highest BCUT2D eigenvalue weighted by molar-refractivity contribution is 5.93. The molecule has 0 bridgehead atoms. The van der Waals surface area contributed by atoms with Gasteiger partial charge in [-0.3, -0.25) is 15.1 Å². The van der Waals surface area contributed by atoms with Gasteiger partial charge in [-0.25, -0.2) is 0 Å². The molecule has 20 heavy (non-hydrogen) atoms. The Balaban J connectivity index is 1.84. The first-order chi connectivity index (χ1) is 9.69. The number of nitrogens with one attached hydrogen (secondary N) is 2. The SMILES string of the molecule is CNc1ccc(NOCc2ccc(C(C)=O)cc2)cc1. The Kier molecular flexibility index (Phi) is 4.74. The van der Waals surface area contributed by atoms with E-state index in [1.54, 1.807) is 6.92 Å². The van der Waals surface area contributed by atoms with E-state index in [-0.39, 0.29) is 5.78 Å². The van der Waals surface area contributed by atoms with Gasteiger partial charge in [0.05, 0.1) is 12.3 Å². The van der Waals surface area contributed by atoms with Crippen molar-refractivity contribution in [2.45, 2.75) is 13.5 Å². The molecule has 2 rings (SSSR count). The van der Waals surface area contributed by atoms with Crippen LogP contribution in [0.15, 0.2) is 48.5 Å². The third kappa shape index (κ3) is 3.83. The van der Waals surface area contributed by atoms with Gasteiger partial charge in [0.2, 0.25) is 0 Å². The third-order valence-electron chi connectivity index (χ3n) is 2.96. The lowest BCUT2D eigenvalue weighted by molar-refractivity contribution is 0.101. The fourth-order valence-corrected chi connectivity index (χ4v) is 1.74. The second-order valence-corrected chi connectivity index (χ2v) is 4.47. The zero-order valence-corrected chi connectivity index (χ0v) is 11.6. The van der Waals surface area contributed by atoms with Crippen molar-refractivity contribution >= 4 is 17.2 Å². The van der Waals surface area contributed by atoms with Crippen molar-refractivity contribution in [1.29, 1.82) is 0 Å². The van der Waals surface area contributed by atoms with Crippen molar-refractivity contribution in [2.24, 2.45) is 0 Å². The highest BCUT2D eigenvalue weighted by atomic mass is 16.6. The number of benzene rings is 2. The molecule has 0 atom stereocenters. The average Bonchev–Trinajstić information content (AvgIpc) is 2.48. The number of anilines is 2. The second-order valence-electron chi connectivity index (χ2n) is 4.47. The van der Waals surface area contributed by atoms with Gasteiger partial charge in [0, 0.05) is 18.3 Å². The van der Waals surface area contributed by atoms with Crippen molar-refractivity contribution in [1.82, 2.24) is 0 Å². The summed E-state index contributed by atoms with van der Waals surface area (Å²) in [6, 6.07) is 15.2. The molecule has 0 heterocycles. The summed E-state index contributed by atoms with van der Waals surface area (Å²) in [4.78, 5) is 16.6. The molecule has 4 heteroatoms. The molecule has 0 amide bonds. The Hall–Kier alpha value is -2.33. The number of ketones is 1. The topological polar surface area (TPSA) is 50.4 Å². The van der Waals surface area contributed by atoms with Gasteiger partial charge in [-0.2, -0.15) is 0 Å². The molecule has 0 saturated carbocycles. The van der Waals surface area contributed by atoms with Crippen LogP contribution in [0, 0.1) is 0 Å². The summed E-state index contributed by atoms with van der Waals surface area (Å²) in [7, 11) is 1.88. The molecule has 0 spiro atoms. The number of carbonyl (C=O) groups excluding carboxylic acids is 1. The summed E-state index contributed by atoms with van der Waals surface area (Å²) in [6.45, 7) is 1.99. The van der Waals surface area contributed by atoms with Crippen LogP contribution in [-0.4, -0.2) is 12.8 Å². The Morgan fingerprint density at radius 3 is 2.15 bits per heavy atom. The van der Waals surface area contributed by atoms with E-state index in [2.05, 4.69) is 10.8 Å². The highest BCUT2D eigenvalue weighted by Gasteiger charge is 1.99. The fraction of sp³-hybridized carbons (Fsp3) is 0.188. The van der Waals surface area contributed by atoms with Crippen LogP contribution in [0.25, 0.3) is 0 Å². The second kappa shape index (κ2) is 6.73. The van der Waals surface area contributed by atoms with Crippen LogP contribution in [0.4, 0.5) is 11.4 Å². The molecule has 104 valence electrons. The predicted molar refractivity (Wildman–Crippen MR) is 80.8 cm³/mol. The van der Waals surface area contributed by atoms with Crippen LogP contribution in [0.3, 0.4) is 0 Å². The number of hydrogen-bond donors (Lipinski definition) is 2. The minimum absolute atomic E-state index is 0.0696. The van der Waals surface area contributed by atoms with Crippen molar-refractivity contribution in [2.75, 3.05) is 17.8 Å². The number of Topliss-reactive ketones (excluding diaryl/α,β-unsaturated/α-hetero) is 1. The highest BCUT2D eigenvalue weighted by Crippen LogP contribution is 2.13. The van der Waals surface area contributed by atoms with Gasteiger partial charge in [-0.1, -0.05) is 24.3 Å². The minimum Gasteiger partial charge on any atom is -0.388 e. The van der Waals surface area contributed by atoms with Gasteiger partial charge < -0.3 is 5.32 Å². The number of hydrogen-bond acceptors (Lipinski definition) is 4. The van der Waals surface area contributed by atoms with Crippen molar-refractivity contribution in [3.8, 4) is 0 Å². The van der Waals surface area contributed by atoms with Gasteiger partial charge in [-0.05, 0) is 36.8 Å². The quantitative estimate of drug-likeness (QED) is 0.623. The van der Waals surface area contributed by atoms with Gasteiger partial charge in [0.25, 0.3) is 0 Å². The minimum atomic E-state index is 0.0696. The van der Waals surface area contributed by atoms with E-state index < -0.39 is 0 Å². The summed E-state index contributed by atoms with van der Waals surface area (Å²) < 4.78 is 0. The van der Waals surface area contributed by atoms with Gasteiger partial charge >= 0.3 is 0 Å². The van der Waals surface area contributed by atoms with E-state index in [4.69, 9.17) is 4.84 Å². The van der Waals surface area contributed by atoms with Crippen molar-refractivity contribution < 1.29 is 9.63 Å². The molecule has 0 aliphatic heterocycles. The Labute approximate surface area is 118 Å². The molecule has 4 nitrogen and oxygen atoms in total. The molecule has 0 unspecified atom stereocenters. The first-order valence-corrected chi connectivity index (χ1v) is 6.44. The molecule has 0 saturated heterocycles. The summed E-state index contributed by atoms with van der Waals surface area (Å²) in [5, 5.41) is 3.05. The predicted octanol–water partition coefficient (Wildman–Crippen LogP) is 3.47. The third-order valence-corrected chi connectivity index (χ3v) is 2.96. The molecule has 2 aromatic carbocycles. The molecule has 0 aliphatic carbocycles. The maximum atomic E-state index is 11.2. The van der Waals surface area contributed by atoms with Gasteiger partial charge in [-0.15, -0.1) is 0 Å². The largest absolute Gasteiger partial charge is 0.388 e. The Morgan fingerprint density at radius 1 is 1.00 bits per heavy atom. The first kappa shape index (κ1) is 14.1. The maximum Gasteiger partial charge on any atom is 0.159 e. The van der Waals surface area contributed by atoms with E-state index in [0.717, 1.165) is 16.9 Å². The van der Waals surface area contributed by atoms with Crippen LogP contribution in [0.5, 0.6) is 0 Å². The lowest BCUT2D eigenvalue weighted by Crippen LogP contribution is -2.02. The maximum absolute atomic E-state index is 11.2. The molecular formula is C16H18N2O2. The Morgan fingerprint density at radius 2 is 1.60 bits per heavy atom. The average molecular weight is 270 g/mol. The standard InChI is InChI=1S/C16H18N2O2/c1-12(19)14-5-3-13(4-6-14)11-20-18-16-9-7-15(17-2)8-10-16/h3-10,17-18H,11H2,1-2H3. The zero-order chi connectivity index (χ0) is 14.4. The molecule has 0 aliphatic rings. The molecule has 0 radical (unpaired) electrons. The van der Waals surface area contributed by atoms with Crippen LogP contribution < -0.4 is 10.8 Å². The summed E-state index contributed by atoms with van der Waals surface area (Å²) in [6.07, 6.45) is 0. The van der Waals surface area contributed by atoms with E-state index in [0.29, 0.717) is 12.2 Å². The molecular weight excluding hydrogens is 252 g/mol. The van der Waals surface area contributed by atoms with E-state index in [9.17, 15) is 4.79 Å². The molecule has 0 aromatic heterocycles. The lowest BCUT2D eigenvalue weighted by Gasteiger charge is -2.08. The first-order valence-electron chi connectivity index (χ1n) is 6.44. The van der Waals surface area contributed by atoms with Crippen LogP contribution in [-0.2, 0) is 11.4 Å². The van der Waals surface area contributed by atoms with Crippen LogP contribution in [0.2, 0.25) is 0 Å². The number of carbonyl (C=O) groups is 1. The van der Waals surface area contributed by atoms with E-state index >= 15 is 0 Å². The molecule has 2 aromatic rings. The smallest absolute Gasteiger partial charge is 0.159 e. The van der Waals surface area contributed by atoms with Crippen molar-refractivity contribution in [3.63, 3.8) is 0 Å². The van der Waals surface area contributed by atoms with Gasteiger partial charge in [0.15, 0.2) is 5.78 Å². The fourth-order valence-electron chi connectivity index (χ4n) is 1.74. The Bertz CT molecular complexity index is 562. The summed E-state index contributed by atoms with van der Waals surface area (Å²) in [5.74, 6) is 0.0696. The summed E-state index contributed by atoms with van der Waals surface area (Å²) >= 11 is 0. The van der Waals surface area contributed by atoms with Crippen molar-refractivity contribution in [3.05, 3.63) is 59.7 Å². The normalized spacial score (nSPS) is 10.1. The van der Waals surface area contributed by atoms with Gasteiger partial charge in [0.1, 0.15) is 0 Å². The molecule has 2 N–H and O–H groups in total. The summed E-state index contributed by atoms with van der Waals surface area (Å²) in [5.41, 5.74) is 6.55. The monoisotopic (exact) mass is 270 g/mol.